The Bertz CT molecular complexity index is 1150. The van der Waals surface area contributed by atoms with Crippen LogP contribution in [0.4, 0.5) is 11.4 Å². The summed E-state index contributed by atoms with van der Waals surface area (Å²) in [6, 6.07) is 17.5. The van der Waals surface area contributed by atoms with Gasteiger partial charge >= 0.3 is 0 Å². The highest BCUT2D eigenvalue weighted by molar-refractivity contribution is 8.00. The summed E-state index contributed by atoms with van der Waals surface area (Å²) in [4.78, 5) is 26.3. The van der Waals surface area contributed by atoms with Crippen molar-refractivity contribution in [3.8, 4) is 0 Å². The van der Waals surface area contributed by atoms with Gasteiger partial charge in [-0.2, -0.15) is 0 Å². The molecule has 0 bridgehead atoms. The number of rotatable bonds is 7. The number of anilines is 2. The summed E-state index contributed by atoms with van der Waals surface area (Å²) < 4.78 is 0. The van der Waals surface area contributed by atoms with Crippen LogP contribution in [0.15, 0.2) is 65.6 Å². The van der Waals surface area contributed by atoms with Gasteiger partial charge in [-0.25, -0.2) is 0 Å². The highest BCUT2D eigenvalue weighted by Crippen LogP contribution is 2.30. The van der Waals surface area contributed by atoms with Crippen LogP contribution in [0.5, 0.6) is 0 Å². The summed E-state index contributed by atoms with van der Waals surface area (Å²) in [7, 11) is 0. The van der Waals surface area contributed by atoms with E-state index in [-0.39, 0.29) is 22.1 Å². The lowest BCUT2D eigenvalue weighted by Crippen LogP contribution is -2.25. The fraction of sp³-hybridized carbons (Fsp3) is 0.167. The first-order chi connectivity index (χ1) is 15.3. The molecule has 4 nitrogen and oxygen atoms in total. The van der Waals surface area contributed by atoms with Gasteiger partial charge in [0.2, 0.25) is 5.91 Å². The normalized spacial score (nSPS) is 11.7. The van der Waals surface area contributed by atoms with E-state index >= 15 is 0 Å². The minimum absolute atomic E-state index is 0.106. The Morgan fingerprint density at radius 2 is 1.69 bits per heavy atom. The monoisotopic (exact) mass is 506 g/mol. The second kappa shape index (κ2) is 11.1. The SMILES string of the molecule is CCC(Sc1cccc(NC(=O)c2ccc(Cl)cc2Cl)c1)C(=O)Nc1cccc(Cl)c1C. The maximum Gasteiger partial charge on any atom is 0.257 e. The van der Waals surface area contributed by atoms with Crippen molar-refractivity contribution in [2.45, 2.75) is 30.4 Å². The number of amides is 2. The summed E-state index contributed by atoms with van der Waals surface area (Å²) in [5, 5.41) is 6.83. The highest BCUT2D eigenvalue weighted by Gasteiger charge is 2.19. The van der Waals surface area contributed by atoms with Gasteiger partial charge in [0, 0.05) is 26.3 Å². The van der Waals surface area contributed by atoms with Crippen molar-refractivity contribution in [1.29, 1.82) is 0 Å². The number of hydrogen-bond donors (Lipinski definition) is 2. The van der Waals surface area contributed by atoms with Gasteiger partial charge in [-0.15, -0.1) is 11.8 Å². The van der Waals surface area contributed by atoms with Crippen LogP contribution in [0.25, 0.3) is 0 Å². The molecule has 3 rings (SSSR count). The number of benzene rings is 3. The number of halogens is 3. The minimum atomic E-state index is -0.338. The van der Waals surface area contributed by atoms with E-state index in [1.807, 2.05) is 38.1 Å². The van der Waals surface area contributed by atoms with Crippen molar-refractivity contribution in [2.75, 3.05) is 10.6 Å². The Balaban J connectivity index is 1.70. The number of carbonyl (C=O) groups excluding carboxylic acids is 2. The fourth-order valence-corrected chi connectivity index (χ4v) is 4.64. The lowest BCUT2D eigenvalue weighted by Gasteiger charge is -2.17. The maximum absolute atomic E-state index is 12.9. The van der Waals surface area contributed by atoms with Crippen molar-refractivity contribution >= 4 is 69.8 Å². The molecule has 1 atom stereocenters. The molecule has 0 aliphatic heterocycles. The maximum atomic E-state index is 12.9. The summed E-state index contributed by atoms with van der Waals surface area (Å²) in [6.07, 6.45) is 0.632. The molecule has 0 aromatic heterocycles. The Labute approximate surface area is 206 Å². The lowest BCUT2D eigenvalue weighted by atomic mass is 10.2. The van der Waals surface area contributed by atoms with E-state index in [1.54, 1.807) is 30.3 Å². The molecule has 1 unspecified atom stereocenters. The Morgan fingerprint density at radius 1 is 0.938 bits per heavy atom. The third-order valence-corrected chi connectivity index (χ3v) is 7.05. The van der Waals surface area contributed by atoms with Gasteiger partial charge in [0.1, 0.15) is 0 Å². The zero-order valence-corrected chi connectivity index (χ0v) is 20.5. The lowest BCUT2D eigenvalue weighted by molar-refractivity contribution is -0.115. The third kappa shape index (κ3) is 6.20. The number of nitrogens with one attached hydrogen (secondary N) is 2. The first-order valence-corrected chi connectivity index (χ1v) is 11.9. The van der Waals surface area contributed by atoms with Crippen LogP contribution < -0.4 is 10.6 Å². The molecule has 2 amide bonds. The van der Waals surface area contributed by atoms with Gasteiger partial charge < -0.3 is 10.6 Å². The molecule has 3 aromatic carbocycles. The zero-order chi connectivity index (χ0) is 23.3. The van der Waals surface area contributed by atoms with Crippen LogP contribution in [-0.2, 0) is 4.79 Å². The number of thioether (sulfide) groups is 1. The van der Waals surface area contributed by atoms with Crippen LogP contribution in [-0.4, -0.2) is 17.1 Å². The molecule has 0 aliphatic carbocycles. The third-order valence-electron chi connectivity index (χ3n) is 4.73. The largest absolute Gasteiger partial charge is 0.325 e. The molecule has 0 fully saturated rings. The van der Waals surface area contributed by atoms with Gasteiger partial charge in [-0.1, -0.05) is 53.9 Å². The summed E-state index contributed by atoms with van der Waals surface area (Å²) >= 11 is 19.6. The molecule has 8 heteroatoms. The van der Waals surface area contributed by atoms with E-state index < -0.39 is 0 Å². The average Bonchev–Trinajstić information content (AvgIpc) is 2.75. The van der Waals surface area contributed by atoms with Crippen LogP contribution in [0.1, 0.15) is 29.3 Å². The predicted octanol–water partition coefficient (Wildman–Crippen LogP) is 7.72. The van der Waals surface area contributed by atoms with Gasteiger partial charge in [-0.3, -0.25) is 9.59 Å². The van der Waals surface area contributed by atoms with E-state index in [4.69, 9.17) is 34.8 Å². The van der Waals surface area contributed by atoms with E-state index in [2.05, 4.69) is 10.6 Å². The summed E-state index contributed by atoms with van der Waals surface area (Å²) in [5.41, 5.74) is 2.46. The number of carbonyl (C=O) groups is 2. The predicted molar refractivity (Wildman–Crippen MR) is 136 cm³/mol. The number of hydrogen-bond acceptors (Lipinski definition) is 3. The Kier molecular flexibility index (Phi) is 8.49. The molecule has 166 valence electrons. The standard InChI is InChI=1S/C24H21Cl3N2O2S/c1-3-22(24(31)29-21-9-5-8-19(26)14(21)2)32-17-7-4-6-16(13-17)28-23(30)18-11-10-15(25)12-20(18)27/h4-13,22H,3H2,1-2H3,(H,28,30)(H,29,31). The second-order valence-corrected chi connectivity index (χ2v) is 9.55. The molecular weight excluding hydrogens is 487 g/mol. The van der Waals surface area contributed by atoms with Gasteiger partial charge in [0.25, 0.3) is 5.91 Å². The topological polar surface area (TPSA) is 58.2 Å². The zero-order valence-electron chi connectivity index (χ0n) is 17.4. The van der Waals surface area contributed by atoms with E-state index in [1.165, 1.54) is 17.8 Å². The highest BCUT2D eigenvalue weighted by atomic mass is 35.5. The molecule has 0 heterocycles. The van der Waals surface area contributed by atoms with E-state index in [9.17, 15) is 9.59 Å². The van der Waals surface area contributed by atoms with Crippen LogP contribution in [0.3, 0.4) is 0 Å². The first kappa shape index (κ1) is 24.5. The second-order valence-electron chi connectivity index (χ2n) is 7.02. The quantitative estimate of drug-likeness (QED) is 0.322. The van der Waals surface area contributed by atoms with Crippen LogP contribution >= 0.6 is 46.6 Å². The molecule has 0 spiro atoms. The molecule has 0 saturated carbocycles. The van der Waals surface area contributed by atoms with Crippen LogP contribution in [0, 0.1) is 6.92 Å². The fourth-order valence-electron chi connectivity index (χ4n) is 2.96. The first-order valence-electron chi connectivity index (χ1n) is 9.87. The van der Waals surface area contributed by atoms with Crippen molar-refractivity contribution in [1.82, 2.24) is 0 Å². The Morgan fingerprint density at radius 3 is 2.41 bits per heavy atom. The van der Waals surface area contributed by atoms with Crippen molar-refractivity contribution < 1.29 is 9.59 Å². The van der Waals surface area contributed by atoms with E-state index in [0.717, 1.165) is 10.5 Å². The van der Waals surface area contributed by atoms with Crippen molar-refractivity contribution in [3.05, 3.63) is 86.9 Å². The van der Waals surface area contributed by atoms with E-state index in [0.29, 0.717) is 33.4 Å². The van der Waals surface area contributed by atoms with Crippen molar-refractivity contribution in [3.63, 3.8) is 0 Å². The molecule has 0 aliphatic rings. The molecule has 0 saturated heterocycles. The van der Waals surface area contributed by atoms with Gasteiger partial charge in [0.05, 0.1) is 15.8 Å². The molecule has 2 N–H and O–H groups in total. The summed E-state index contributed by atoms with van der Waals surface area (Å²) in [6.45, 7) is 3.82. The van der Waals surface area contributed by atoms with Crippen molar-refractivity contribution in [2.24, 2.45) is 0 Å². The van der Waals surface area contributed by atoms with Crippen LogP contribution in [0.2, 0.25) is 15.1 Å². The minimum Gasteiger partial charge on any atom is -0.325 e. The smallest absolute Gasteiger partial charge is 0.257 e. The molecule has 3 aromatic rings. The molecular formula is C24H21Cl3N2O2S. The Hall–Kier alpha value is -2.18. The summed E-state index contributed by atoms with van der Waals surface area (Å²) in [5.74, 6) is -0.444. The average molecular weight is 508 g/mol. The molecule has 0 radical (unpaired) electrons. The van der Waals surface area contributed by atoms with Gasteiger partial charge in [-0.05, 0) is 67.4 Å². The molecule has 32 heavy (non-hydrogen) atoms. The van der Waals surface area contributed by atoms with Gasteiger partial charge in [0.15, 0.2) is 0 Å².